The average Bonchev–Trinajstić information content (AvgIpc) is 2.58. The summed E-state index contributed by atoms with van der Waals surface area (Å²) in [5.41, 5.74) is 0.261. The number of halogens is 6. The topological polar surface area (TPSA) is 29.1 Å². The fourth-order valence-corrected chi connectivity index (χ4v) is 2.37. The van der Waals surface area contributed by atoms with Gasteiger partial charge in [-0.1, -0.05) is 12.1 Å². The number of hydrogen-bond acceptors (Lipinski definition) is 1. The van der Waals surface area contributed by atoms with E-state index >= 15 is 0 Å². The number of aryl methyl sites for hydroxylation is 1. The van der Waals surface area contributed by atoms with Crippen molar-refractivity contribution in [1.82, 2.24) is 5.32 Å². The largest absolute Gasteiger partial charge is 0.455 e. The summed E-state index contributed by atoms with van der Waals surface area (Å²) >= 11 is 5.31. The molecule has 0 aromatic heterocycles. The van der Waals surface area contributed by atoms with Crippen LogP contribution >= 0.6 is 11.6 Å². The summed E-state index contributed by atoms with van der Waals surface area (Å²) in [6, 6.07) is 3.49. The Bertz CT molecular complexity index is 558. The quantitative estimate of drug-likeness (QED) is 0.649. The van der Waals surface area contributed by atoms with Crippen molar-refractivity contribution in [3.63, 3.8) is 0 Å². The summed E-state index contributed by atoms with van der Waals surface area (Å²) < 4.78 is 63.5. The van der Waals surface area contributed by atoms with Gasteiger partial charge in [-0.05, 0) is 30.0 Å². The maximum Gasteiger partial charge on any atom is 0.455 e. The molecule has 21 heavy (non-hydrogen) atoms. The highest BCUT2D eigenvalue weighted by atomic mass is 35.5. The van der Waals surface area contributed by atoms with Crippen LogP contribution < -0.4 is 5.32 Å². The van der Waals surface area contributed by atoms with Crippen molar-refractivity contribution in [2.45, 2.75) is 30.3 Å². The molecule has 1 aliphatic rings. The summed E-state index contributed by atoms with van der Waals surface area (Å²) in [6.45, 7) is 0.422. The van der Waals surface area contributed by atoms with Crippen molar-refractivity contribution in [3.8, 4) is 0 Å². The van der Waals surface area contributed by atoms with Crippen LogP contribution in [0, 0.1) is 0 Å². The van der Waals surface area contributed by atoms with E-state index in [4.69, 9.17) is 11.6 Å². The molecule has 0 bridgehead atoms. The van der Waals surface area contributed by atoms with Crippen LogP contribution in [0.25, 0.3) is 0 Å². The van der Waals surface area contributed by atoms with E-state index in [-0.39, 0.29) is 5.56 Å². The third-order valence-electron chi connectivity index (χ3n) is 3.28. The van der Waals surface area contributed by atoms with Crippen LogP contribution in [0.5, 0.6) is 0 Å². The van der Waals surface area contributed by atoms with Crippen LogP contribution in [0.1, 0.15) is 33.3 Å². The molecule has 116 valence electrons. The Morgan fingerprint density at radius 1 is 1.19 bits per heavy atom. The second-order valence-electron chi connectivity index (χ2n) is 4.76. The molecule has 0 saturated heterocycles. The van der Waals surface area contributed by atoms with Gasteiger partial charge in [0.25, 0.3) is 5.91 Å². The van der Waals surface area contributed by atoms with Crippen LogP contribution in [-0.4, -0.2) is 24.6 Å². The molecule has 1 N–H and O–H groups in total. The van der Waals surface area contributed by atoms with Crippen molar-refractivity contribution in [1.29, 1.82) is 0 Å². The van der Waals surface area contributed by atoms with E-state index in [2.05, 4.69) is 5.32 Å². The number of carbonyl (C=O) groups is 1. The van der Waals surface area contributed by atoms with Crippen molar-refractivity contribution in [3.05, 3.63) is 34.9 Å². The number of hydrogen-bond donors (Lipinski definition) is 1. The molecule has 0 saturated carbocycles. The third-order valence-corrected chi connectivity index (χ3v) is 3.80. The summed E-state index contributed by atoms with van der Waals surface area (Å²) in [4.78, 5) is 11.8. The SMILES string of the molecule is O=C1NCCCc2ccc(C(Cl)C(F)(F)C(F)(F)F)cc21. The van der Waals surface area contributed by atoms with Gasteiger partial charge in [-0.15, -0.1) is 11.6 Å². The lowest BCUT2D eigenvalue weighted by Gasteiger charge is -2.25. The number of amides is 1. The number of rotatable bonds is 2. The molecule has 1 amide bonds. The lowest BCUT2D eigenvalue weighted by molar-refractivity contribution is -0.283. The number of carbonyl (C=O) groups excluding carboxylic acids is 1. The summed E-state index contributed by atoms with van der Waals surface area (Å²) in [6.07, 6.45) is -4.55. The molecule has 1 aliphatic heterocycles. The van der Waals surface area contributed by atoms with Gasteiger partial charge in [0.05, 0.1) is 0 Å². The molecule has 0 spiro atoms. The molecule has 2 rings (SSSR count). The van der Waals surface area contributed by atoms with Crippen LogP contribution in [-0.2, 0) is 6.42 Å². The molecule has 1 atom stereocenters. The second kappa shape index (κ2) is 5.44. The number of fused-ring (bicyclic) bond motifs is 1. The Morgan fingerprint density at radius 2 is 1.86 bits per heavy atom. The van der Waals surface area contributed by atoms with E-state index in [0.29, 0.717) is 24.9 Å². The first-order chi connectivity index (χ1) is 9.64. The first-order valence-corrected chi connectivity index (χ1v) is 6.58. The zero-order chi connectivity index (χ0) is 15.8. The van der Waals surface area contributed by atoms with Gasteiger partial charge in [0.15, 0.2) is 0 Å². The van der Waals surface area contributed by atoms with Gasteiger partial charge in [-0.2, -0.15) is 22.0 Å². The predicted molar refractivity (Wildman–Crippen MR) is 66.7 cm³/mol. The van der Waals surface area contributed by atoms with E-state index in [1.54, 1.807) is 0 Å². The Balaban J connectivity index is 2.40. The van der Waals surface area contributed by atoms with Gasteiger partial charge in [-0.3, -0.25) is 4.79 Å². The normalized spacial score (nSPS) is 17.7. The average molecular weight is 328 g/mol. The minimum Gasteiger partial charge on any atom is -0.352 e. The second-order valence-corrected chi connectivity index (χ2v) is 5.20. The van der Waals surface area contributed by atoms with Gasteiger partial charge in [-0.25, -0.2) is 0 Å². The summed E-state index contributed by atoms with van der Waals surface area (Å²) in [7, 11) is 0. The van der Waals surface area contributed by atoms with Gasteiger partial charge < -0.3 is 5.32 Å². The van der Waals surface area contributed by atoms with Crippen LogP contribution in [0.4, 0.5) is 22.0 Å². The van der Waals surface area contributed by atoms with Crippen molar-refractivity contribution in [2.75, 3.05) is 6.54 Å². The molecule has 1 aromatic carbocycles. The smallest absolute Gasteiger partial charge is 0.352 e. The third kappa shape index (κ3) is 2.97. The van der Waals surface area contributed by atoms with E-state index in [1.165, 1.54) is 6.07 Å². The molecule has 0 fully saturated rings. The summed E-state index contributed by atoms with van der Waals surface area (Å²) in [5, 5.41) is -0.0403. The van der Waals surface area contributed by atoms with E-state index < -0.39 is 28.9 Å². The highest BCUT2D eigenvalue weighted by Gasteiger charge is 2.62. The van der Waals surface area contributed by atoms with Crippen LogP contribution in [0.15, 0.2) is 18.2 Å². The zero-order valence-corrected chi connectivity index (χ0v) is 11.4. The minimum atomic E-state index is -5.76. The first-order valence-electron chi connectivity index (χ1n) is 6.14. The van der Waals surface area contributed by atoms with Crippen molar-refractivity contribution in [2.24, 2.45) is 0 Å². The number of alkyl halides is 6. The Kier molecular flexibility index (Phi) is 4.15. The molecule has 1 heterocycles. The van der Waals surface area contributed by atoms with Crippen molar-refractivity contribution < 1.29 is 26.7 Å². The lowest BCUT2D eigenvalue weighted by Crippen LogP contribution is -2.40. The highest BCUT2D eigenvalue weighted by molar-refractivity contribution is 6.21. The van der Waals surface area contributed by atoms with E-state index in [1.807, 2.05) is 0 Å². The highest BCUT2D eigenvalue weighted by Crippen LogP contribution is 2.48. The maximum atomic E-state index is 13.3. The van der Waals surface area contributed by atoms with Crippen LogP contribution in [0.3, 0.4) is 0 Å². The monoisotopic (exact) mass is 327 g/mol. The minimum absolute atomic E-state index is 0.0913. The molecule has 0 aliphatic carbocycles. The molecular weight excluding hydrogens is 317 g/mol. The van der Waals surface area contributed by atoms with Crippen LogP contribution in [0.2, 0.25) is 0 Å². The number of nitrogens with one attached hydrogen (secondary N) is 1. The van der Waals surface area contributed by atoms with Gasteiger partial charge >= 0.3 is 12.1 Å². The van der Waals surface area contributed by atoms with E-state index in [0.717, 1.165) is 12.1 Å². The van der Waals surface area contributed by atoms with Gasteiger partial charge in [0, 0.05) is 12.1 Å². The molecule has 0 radical (unpaired) electrons. The molecule has 1 unspecified atom stereocenters. The Labute approximate surface area is 122 Å². The summed E-state index contributed by atoms with van der Waals surface area (Å²) in [5.74, 6) is -5.58. The molecule has 8 heteroatoms. The fraction of sp³-hybridized carbons (Fsp3) is 0.462. The molecule has 1 aromatic rings. The van der Waals surface area contributed by atoms with Gasteiger partial charge in [0.2, 0.25) is 0 Å². The van der Waals surface area contributed by atoms with E-state index in [9.17, 15) is 26.7 Å². The van der Waals surface area contributed by atoms with Crippen molar-refractivity contribution >= 4 is 17.5 Å². The fourth-order valence-electron chi connectivity index (χ4n) is 2.11. The molecule has 2 nitrogen and oxygen atoms in total. The maximum absolute atomic E-state index is 13.3. The number of benzene rings is 1. The zero-order valence-electron chi connectivity index (χ0n) is 10.6. The van der Waals surface area contributed by atoms with Gasteiger partial charge in [0.1, 0.15) is 5.38 Å². The standard InChI is InChI=1S/C13H11ClF5NO/c14-10(12(15,16)13(17,18)19)8-4-3-7-2-1-5-20-11(21)9(7)6-8/h3-4,6,10H,1-2,5H2,(H,20,21). The molecular formula is C13H11ClF5NO. The lowest BCUT2D eigenvalue weighted by atomic mass is 9.97. The predicted octanol–water partition coefficient (Wildman–Crippen LogP) is 3.84. The Morgan fingerprint density at radius 3 is 2.48 bits per heavy atom. The first kappa shape index (κ1) is 16.0. The Hall–Kier alpha value is -1.37.